The van der Waals surface area contributed by atoms with E-state index in [0.29, 0.717) is 20.9 Å². The summed E-state index contributed by atoms with van der Waals surface area (Å²) in [5.74, 6) is 0.00258. The number of anilines is 1. The zero-order valence-corrected chi connectivity index (χ0v) is 16.0. The molecule has 0 saturated carbocycles. The lowest BCUT2D eigenvalue weighted by atomic mass is 10.3. The van der Waals surface area contributed by atoms with Crippen LogP contribution in [0.15, 0.2) is 51.4 Å². The van der Waals surface area contributed by atoms with Gasteiger partial charge in [0.2, 0.25) is 0 Å². The molecule has 0 heterocycles. The highest BCUT2D eigenvalue weighted by atomic mass is 79.9. The number of hydrogen-bond acceptors (Lipinski definition) is 3. The standard InChI is InChI=1S/C15H12Br2ClN3O3/c16-9-4-5-13(12(17)6-9)24-8-14(22)20-21-15(23)19-11-3-1-2-10(18)7-11/h1-7H,8H2,(H,20,22)(H2,19,21,23). The van der Waals surface area contributed by atoms with E-state index in [1.165, 1.54) is 0 Å². The lowest BCUT2D eigenvalue weighted by Gasteiger charge is -2.11. The van der Waals surface area contributed by atoms with Crippen LogP contribution in [0.1, 0.15) is 0 Å². The van der Waals surface area contributed by atoms with Crippen LogP contribution >= 0.6 is 43.5 Å². The van der Waals surface area contributed by atoms with Crippen LogP contribution in [-0.2, 0) is 4.79 Å². The van der Waals surface area contributed by atoms with Crippen LogP contribution in [-0.4, -0.2) is 18.5 Å². The fourth-order valence-corrected chi connectivity index (χ4v) is 2.98. The number of halogens is 3. The average molecular weight is 478 g/mol. The molecular weight excluding hydrogens is 465 g/mol. The van der Waals surface area contributed by atoms with Crippen LogP contribution in [0, 0.1) is 0 Å². The summed E-state index contributed by atoms with van der Waals surface area (Å²) in [5.41, 5.74) is 4.96. The molecule has 0 atom stereocenters. The van der Waals surface area contributed by atoms with Crippen molar-refractivity contribution in [1.82, 2.24) is 10.9 Å². The van der Waals surface area contributed by atoms with Gasteiger partial charge in [0.15, 0.2) is 6.61 Å². The Bertz CT molecular complexity index is 758. The molecule has 0 aliphatic rings. The van der Waals surface area contributed by atoms with E-state index in [1.807, 2.05) is 0 Å². The van der Waals surface area contributed by atoms with Gasteiger partial charge in [-0.1, -0.05) is 33.6 Å². The van der Waals surface area contributed by atoms with Crippen molar-refractivity contribution < 1.29 is 14.3 Å². The first-order valence-electron chi connectivity index (χ1n) is 6.63. The molecule has 2 rings (SSSR count). The molecule has 0 unspecified atom stereocenters. The van der Waals surface area contributed by atoms with Crippen molar-refractivity contribution in [2.24, 2.45) is 0 Å². The van der Waals surface area contributed by atoms with Gasteiger partial charge in [-0.3, -0.25) is 10.2 Å². The third kappa shape index (κ3) is 6.03. The zero-order chi connectivity index (χ0) is 17.5. The number of carbonyl (C=O) groups excluding carboxylic acids is 2. The van der Waals surface area contributed by atoms with Crippen molar-refractivity contribution in [3.8, 4) is 5.75 Å². The first kappa shape index (κ1) is 18.6. The second kappa shape index (κ2) is 8.91. The molecule has 3 N–H and O–H groups in total. The van der Waals surface area contributed by atoms with E-state index in [9.17, 15) is 9.59 Å². The van der Waals surface area contributed by atoms with E-state index in [1.54, 1.807) is 42.5 Å². The average Bonchev–Trinajstić information content (AvgIpc) is 2.52. The number of rotatable bonds is 4. The number of urea groups is 1. The summed E-state index contributed by atoms with van der Waals surface area (Å²) >= 11 is 12.5. The highest BCUT2D eigenvalue weighted by Crippen LogP contribution is 2.28. The number of nitrogens with one attached hydrogen (secondary N) is 3. The smallest absolute Gasteiger partial charge is 0.337 e. The zero-order valence-electron chi connectivity index (χ0n) is 12.1. The molecule has 2 aromatic carbocycles. The van der Waals surface area contributed by atoms with Gasteiger partial charge in [0, 0.05) is 15.2 Å². The van der Waals surface area contributed by atoms with Crippen LogP contribution < -0.4 is 20.9 Å². The Kier molecular flexibility index (Phi) is 6.89. The van der Waals surface area contributed by atoms with Gasteiger partial charge in [0.1, 0.15) is 5.75 Å². The van der Waals surface area contributed by atoms with Gasteiger partial charge < -0.3 is 10.1 Å². The van der Waals surface area contributed by atoms with E-state index in [4.69, 9.17) is 16.3 Å². The Balaban J connectivity index is 1.75. The molecule has 0 aromatic heterocycles. The maximum absolute atomic E-state index is 11.7. The molecule has 0 radical (unpaired) electrons. The van der Waals surface area contributed by atoms with Crippen LogP contribution in [0.4, 0.5) is 10.5 Å². The largest absolute Gasteiger partial charge is 0.483 e. The molecule has 24 heavy (non-hydrogen) atoms. The fraction of sp³-hybridized carbons (Fsp3) is 0.0667. The molecule has 126 valence electrons. The van der Waals surface area contributed by atoms with Crippen LogP contribution in [0.2, 0.25) is 5.02 Å². The Morgan fingerprint density at radius 1 is 1.08 bits per heavy atom. The monoisotopic (exact) mass is 475 g/mol. The fourth-order valence-electron chi connectivity index (χ4n) is 1.63. The van der Waals surface area contributed by atoms with Crippen molar-refractivity contribution >= 4 is 61.1 Å². The number of hydrazine groups is 1. The van der Waals surface area contributed by atoms with E-state index in [-0.39, 0.29) is 6.61 Å². The van der Waals surface area contributed by atoms with Gasteiger partial charge in [-0.05, 0) is 52.3 Å². The number of amides is 3. The number of carbonyl (C=O) groups is 2. The maximum Gasteiger partial charge on any atom is 0.337 e. The lowest BCUT2D eigenvalue weighted by Crippen LogP contribution is -2.45. The Morgan fingerprint density at radius 3 is 2.58 bits per heavy atom. The molecule has 0 fully saturated rings. The Morgan fingerprint density at radius 2 is 1.88 bits per heavy atom. The molecule has 9 heteroatoms. The molecule has 0 spiro atoms. The minimum Gasteiger partial charge on any atom is -0.483 e. The predicted octanol–water partition coefficient (Wildman–Crippen LogP) is 4.10. The Hall–Kier alpha value is -1.77. The molecule has 0 aliphatic carbocycles. The second-order valence-electron chi connectivity index (χ2n) is 4.50. The minimum atomic E-state index is -0.601. The van der Waals surface area contributed by atoms with Crippen LogP contribution in [0.5, 0.6) is 5.75 Å². The van der Waals surface area contributed by atoms with Crippen molar-refractivity contribution in [3.05, 3.63) is 56.4 Å². The van der Waals surface area contributed by atoms with Gasteiger partial charge in [0.25, 0.3) is 5.91 Å². The Labute approximate surface area is 160 Å². The topological polar surface area (TPSA) is 79.5 Å². The van der Waals surface area contributed by atoms with Gasteiger partial charge in [-0.25, -0.2) is 10.2 Å². The maximum atomic E-state index is 11.7. The summed E-state index contributed by atoms with van der Waals surface area (Å²) in [6.45, 7) is -0.252. The molecule has 0 aliphatic heterocycles. The highest BCUT2D eigenvalue weighted by Gasteiger charge is 2.08. The van der Waals surface area contributed by atoms with Gasteiger partial charge in [-0.2, -0.15) is 0 Å². The quantitative estimate of drug-likeness (QED) is 0.581. The number of benzene rings is 2. The first-order chi connectivity index (χ1) is 11.4. The molecule has 0 saturated heterocycles. The number of hydrogen-bond donors (Lipinski definition) is 3. The first-order valence-corrected chi connectivity index (χ1v) is 8.59. The minimum absolute atomic E-state index is 0.252. The second-order valence-corrected chi connectivity index (χ2v) is 6.71. The molecule has 3 amide bonds. The lowest BCUT2D eigenvalue weighted by molar-refractivity contribution is -0.123. The predicted molar refractivity (Wildman–Crippen MR) is 99.1 cm³/mol. The summed E-state index contributed by atoms with van der Waals surface area (Å²) in [4.78, 5) is 23.3. The van der Waals surface area contributed by atoms with Gasteiger partial charge in [-0.15, -0.1) is 0 Å². The van der Waals surface area contributed by atoms with Crippen LogP contribution in [0.25, 0.3) is 0 Å². The van der Waals surface area contributed by atoms with E-state index in [2.05, 4.69) is 48.0 Å². The third-order valence-electron chi connectivity index (χ3n) is 2.65. The summed E-state index contributed by atoms with van der Waals surface area (Å²) < 4.78 is 6.94. The summed E-state index contributed by atoms with van der Waals surface area (Å²) in [6, 6.07) is 11.3. The third-order valence-corrected chi connectivity index (χ3v) is 4.00. The SMILES string of the molecule is O=C(COc1ccc(Br)cc1Br)NNC(=O)Nc1cccc(Cl)c1. The van der Waals surface area contributed by atoms with Gasteiger partial charge >= 0.3 is 6.03 Å². The summed E-state index contributed by atoms with van der Waals surface area (Å²) in [7, 11) is 0. The van der Waals surface area contributed by atoms with Crippen molar-refractivity contribution in [2.75, 3.05) is 11.9 Å². The molecular formula is C15H12Br2ClN3O3. The summed E-state index contributed by atoms with van der Waals surface area (Å²) in [6.07, 6.45) is 0. The van der Waals surface area contributed by atoms with Crippen molar-refractivity contribution in [2.45, 2.75) is 0 Å². The summed E-state index contributed by atoms with van der Waals surface area (Å²) in [5, 5.41) is 3.02. The highest BCUT2D eigenvalue weighted by molar-refractivity contribution is 9.11. The molecule has 0 bridgehead atoms. The molecule has 6 nitrogen and oxygen atoms in total. The van der Waals surface area contributed by atoms with Gasteiger partial charge in [0.05, 0.1) is 4.47 Å². The molecule has 2 aromatic rings. The van der Waals surface area contributed by atoms with E-state index in [0.717, 1.165) is 4.47 Å². The van der Waals surface area contributed by atoms with E-state index < -0.39 is 11.9 Å². The van der Waals surface area contributed by atoms with Crippen molar-refractivity contribution in [1.29, 1.82) is 0 Å². The normalized spacial score (nSPS) is 9.96. The number of ether oxygens (including phenoxy) is 1. The van der Waals surface area contributed by atoms with Crippen LogP contribution in [0.3, 0.4) is 0 Å². The van der Waals surface area contributed by atoms with Crippen molar-refractivity contribution in [3.63, 3.8) is 0 Å². The van der Waals surface area contributed by atoms with E-state index >= 15 is 0 Å².